The molecule has 1 saturated carbocycles. The number of carbonyl (C=O) groups is 1. The van der Waals surface area contributed by atoms with Crippen LogP contribution in [0.2, 0.25) is 5.02 Å². The Balaban J connectivity index is 1.70. The van der Waals surface area contributed by atoms with Crippen molar-refractivity contribution in [3.63, 3.8) is 0 Å². The highest BCUT2D eigenvalue weighted by Gasteiger charge is 2.64. The summed E-state index contributed by atoms with van der Waals surface area (Å²) in [4.78, 5) is 12.2. The molecule has 1 aliphatic heterocycles. The molecule has 4 rings (SSSR count). The second kappa shape index (κ2) is 5.30. The highest BCUT2D eigenvalue weighted by molar-refractivity contribution is 7.89. The molecule has 8 heteroatoms. The number of rotatable bonds is 3. The quantitative estimate of drug-likeness (QED) is 0.776. The summed E-state index contributed by atoms with van der Waals surface area (Å²) in [6, 6.07) is 5.87. The van der Waals surface area contributed by atoms with Gasteiger partial charge in [-0.15, -0.1) is 0 Å². The molecule has 1 unspecified atom stereocenters. The van der Waals surface area contributed by atoms with Crippen LogP contribution in [0.5, 0.6) is 0 Å². The van der Waals surface area contributed by atoms with Crippen LogP contribution >= 0.6 is 11.6 Å². The predicted molar refractivity (Wildman–Crippen MR) is 90.4 cm³/mol. The van der Waals surface area contributed by atoms with Crippen molar-refractivity contribution in [1.82, 2.24) is 4.72 Å². The fourth-order valence-corrected chi connectivity index (χ4v) is 5.82. The van der Waals surface area contributed by atoms with E-state index in [0.717, 1.165) is 0 Å². The molecule has 0 spiro atoms. The minimum atomic E-state index is -3.81. The van der Waals surface area contributed by atoms with Gasteiger partial charge in [-0.25, -0.2) is 17.9 Å². The Morgan fingerprint density at radius 2 is 1.96 bits per heavy atom. The van der Waals surface area contributed by atoms with Crippen molar-refractivity contribution >= 4 is 27.6 Å². The Morgan fingerprint density at radius 3 is 2.64 bits per heavy atom. The standard InChI is InChI=1S/C17H18ClNO5S/c1-16(19-25(22,23)12-5-3-11(18)4-6-12)8-10-2-7-14-17(10,21)13(9-16)15(20)24-14/h3-6,9-10,14,19,21H,2,7-8H2,1H3/t10?,14-,16-,17+/m1/s1. The topological polar surface area (TPSA) is 92.7 Å². The van der Waals surface area contributed by atoms with Crippen LogP contribution in [0, 0.1) is 5.92 Å². The molecule has 134 valence electrons. The molecule has 25 heavy (non-hydrogen) atoms. The van der Waals surface area contributed by atoms with Gasteiger partial charge >= 0.3 is 5.97 Å². The molecule has 3 aliphatic rings. The number of benzene rings is 1. The lowest BCUT2D eigenvalue weighted by molar-refractivity contribution is -0.140. The number of halogens is 1. The minimum absolute atomic E-state index is 0.0932. The first kappa shape index (κ1) is 17.0. The SMILES string of the molecule is C[C@]1(NS(=O)(=O)c2ccc(Cl)cc2)C=C2C(=O)O[C@@H]3CCC(C1)[C@]23O. The summed E-state index contributed by atoms with van der Waals surface area (Å²) in [7, 11) is -3.81. The van der Waals surface area contributed by atoms with Crippen molar-refractivity contribution in [2.45, 2.75) is 48.3 Å². The molecule has 2 N–H and O–H groups in total. The number of carbonyl (C=O) groups excluding carboxylic acids is 1. The van der Waals surface area contributed by atoms with Gasteiger partial charge in [-0.2, -0.15) is 0 Å². The number of sulfonamides is 1. The number of hydrogen-bond donors (Lipinski definition) is 2. The third-order valence-electron chi connectivity index (χ3n) is 5.42. The molecule has 0 aromatic heterocycles. The summed E-state index contributed by atoms with van der Waals surface area (Å²) in [5.74, 6) is -0.782. The van der Waals surface area contributed by atoms with Crippen LogP contribution in [-0.2, 0) is 19.6 Å². The van der Waals surface area contributed by atoms with Crippen LogP contribution in [-0.4, -0.2) is 36.7 Å². The fraction of sp³-hybridized carbons (Fsp3) is 0.471. The van der Waals surface area contributed by atoms with Gasteiger partial charge in [0, 0.05) is 10.6 Å². The normalized spacial score (nSPS) is 36.8. The van der Waals surface area contributed by atoms with Crippen LogP contribution in [0.25, 0.3) is 0 Å². The minimum Gasteiger partial charge on any atom is -0.455 e. The Labute approximate surface area is 150 Å². The van der Waals surface area contributed by atoms with E-state index >= 15 is 0 Å². The van der Waals surface area contributed by atoms with Crippen LogP contribution in [0.4, 0.5) is 0 Å². The van der Waals surface area contributed by atoms with Gasteiger partial charge in [0.2, 0.25) is 10.0 Å². The van der Waals surface area contributed by atoms with Crippen LogP contribution < -0.4 is 4.72 Å². The molecule has 1 aromatic rings. The number of hydrogen-bond acceptors (Lipinski definition) is 5. The Bertz CT molecular complexity index is 881. The van der Waals surface area contributed by atoms with Crippen LogP contribution in [0.3, 0.4) is 0 Å². The van der Waals surface area contributed by atoms with Gasteiger partial charge in [0.15, 0.2) is 0 Å². The maximum Gasteiger partial charge on any atom is 0.337 e. The van der Waals surface area contributed by atoms with E-state index in [2.05, 4.69) is 4.72 Å². The first-order valence-corrected chi connectivity index (χ1v) is 9.96. The van der Waals surface area contributed by atoms with Gasteiger partial charge in [0.05, 0.1) is 10.5 Å². The van der Waals surface area contributed by atoms with Crippen molar-refractivity contribution in [2.24, 2.45) is 5.92 Å². The molecular weight excluding hydrogens is 366 g/mol. The van der Waals surface area contributed by atoms with Gasteiger partial charge in [-0.1, -0.05) is 17.7 Å². The van der Waals surface area contributed by atoms with Gasteiger partial charge in [0.1, 0.15) is 11.7 Å². The largest absolute Gasteiger partial charge is 0.455 e. The molecule has 2 fully saturated rings. The molecule has 2 aliphatic carbocycles. The van der Waals surface area contributed by atoms with E-state index in [9.17, 15) is 18.3 Å². The zero-order chi connectivity index (χ0) is 18.0. The van der Waals surface area contributed by atoms with Crippen molar-refractivity contribution < 1.29 is 23.1 Å². The lowest BCUT2D eigenvalue weighted by Gasteiger charge is -2.40. The molecule has 1 saturated heterocycles. The smallest absolute Gasteiger partial charge is 0.337 e. The van der Waals surface area contributed by atoms with E-state index < -0.39 is 33.2 Å². The highest BCUT2D eigenvalue weighted by atomic mass is 35.5. The second-order valence-electron chi connectivity index (χ2n) is 7.23. The third kappa shape index (κ3) is 2.52. The monoisotopic (exact) mass is 383 g/mol. The maximum absolute atomic E-state index is 12.7. The zero-order valence-corrected chi connectivity index (χ0v) is 15.1. The molecule has 4 atom stereocenters. The van der Waals surface area contributed by atoms with E-state index in [0.29, 0.717) is 24.3 Å². The first-order chi connectivity index (χ1) is 11.6. The summed E-state index contributed by atoms with van der Waals surface area (Å²) < 4.78 is 33.4. The Kier molecular flexibility index (Phi) is 3.61. The summed E-state index contributed by atoms with van der Waals surface area (Å²) in [5, 5.41) is 11.4. The molecule has 0 amide bonds. The van der Waals surface area contributed by atoms with Crippen molar-refractivity contribution in [3.05, 3.63) is 40.9 Å². The average molecular weight is 384 g/mol. The number of ether oxygens (including phenoxy) is 1. The van der Waals surface area contributed by atoms with Crippen LogP contribution in [0.1, 0.15) is 26.2 Å². The Morgan fingerprint density at radius 1 is 1.28 bits per heavy atom. The van der Waals surface area contributed by atoms with Crippen molar-refractivity contribution in [3.8, 4) is 0 Å². The van der Waals surface area contributed by atoms with E-state index in [1.165, 1.54) is 30.3 Å². The summed E-state index contributed by atoms with van der Waals surface area (Å²) in [6.07, 6.45) is 2.67. The average Bonchev–Trinajstić information content (AvgIpc) is 2.95. The molecule has 6 nitrogen and oxygen atoms in total. The molecule has 0 bridgehead atoms. The lowest BCUT2D eigenvalue weighted by Crippen LogP contribution is -2.54. The van der Waals surface area contributed by atoms with E-state index in [1.54, 1.807) is 6.92 Å². The summed E-state index contributed by atoms with van der Waals surface area (Å²) in [6.45, 7) is 1.71. The molecular formula is C17H18ClNO5S. The Hall–Kier alpha value is -1.41. The first-order valence-electron chi connectivity index (χ1n) is 8.10. The number of aliphatic hydroxyl groups is 1. The maximum atomic E-state index is 12.7. The summed E-state index contributed by atoms with van der Waals surface area (Å²) >= 11 is 5.81. The highest BCUT2D eigenvalue weighted by Crippen LogP contribution is 2.53. The van der Waals surface area contributed by atoms with Gasteiger partial charge in [-0.3, -0.25) is 0 Å². The van der Waals surface area contributed by atoms with Gasteiger partial charge in [-0.05, 0) is 56.4 Å². The van der Waals surface area contributed by atoms with Gasteiger partial charge in [0.25, 0.3) is 0 Å². The molecule has 1 heterocycles. The van der Waals surface area contributed by atoms with Crippen molar-refractivity contribution in [2.75, 3.05) is 0 Å². The predicted octanol–water partition coefficient (Wildman–Crippen LogP) is 1.77. The van der Waals surface area contributed by atoms with E-state index in [-0.39, 0.29) is 16.4 Å². The second-order valence-corrected chi connectivity index (χ2v) is 9.35. The molecule has 1 aromatic carbocycles. The summed E-state index contributed by atoms with van der Waals surface area (Å²) in [5.41, 5.74) is -2.10. The van der Waals surface area contributed by atoms with E-state index in [4.69, 9.17) is 16.3 Å². The van der Waals surface area contributed by atoms with E-state index in [1.807, 2.05) is 0 Å². The lowest BCUT2D eigenvalue weighted by atomic mass is 9.71. The van der Waals surface area contributed by atoms with Gasteiger partial charge < -0.3 is 9.84 Å². The van der Waals surface area contributed by atoms with Crippen molar-refractivity contribution in [1.29, 1.82) is 0 Å². The van der Waals surface area contributed by atoms with Crippen LogP contribution in [0.15, 0.2) is 40.8 Å². The zero-order valence-electron chi connectivity index (χ0n) is 13.5. The number of esters is 1. The number of nitrogens with one attached hydrogen (secondary N) is 1. The fourth-order valence-electron chi connectivity index (χ4n) is 4.33. The molecule has 0 radical (unpaired) electrons. The third-order valence-corrected chi connectivity index (χ3v) is 7.30.